The van der Waals surface area contributed by atoms with Crippen LogP contribution in [0.3, 0.4) is 0 Å². The van der Waals surface area contributed by atoms with Crippen LogP contribution >= 0.6 is 0 Å². The molecule has 0 aliphatic carbocycles. The van der Waals surface area contributed by atoms with Crippen LogP contribution in [0.2, 0.25) is 0 Å². The summed E-state index contributed by atoms with van der Waals surface area (Å²) >= 11 is 0. The Morgan fingerprint density at radius 2 is 2.12 bits per heavy atom. The first-order valence-electron chi connectivity index (χ1n) is 7.98. The molecule has 2 heterocycles. The number of aromatic amines is 1. The van der Waals surface area contributed by atoms with Crippen molar-refractivity contribution < 1.29 is 4.79 Å². The van der Waals surface area contributed by atoms with E-state index >= 15 is 0 Å². The van der Waals surface area contributed by atoms with Crippen LogP contribution in [-0.2, 0) is 0 Å². The fraction of sp³-hybridized carbons (Fsp3) is 0.263. The minimum Gasteiger partial charge on any atom is -0.350 e. The highest BCUT2D eigenvalue weighted by Gasteiger charge is 2.18. The first kappa shape index (κ1) is 16.2. The van der Waals surface area contributed by atoms with Gasteiger partial charge in [0.15, 0.2) is 0 Å². The highest BCUT2D eigenvalue weighted by atomic mass is 16.1. The van der Waals surface area contributed by atoms with Crippen molar-refractivity contribution in [2.24, 2.45) is 0 Å². The summed E-state index contributed by atoms with van der Waals surface area (Å²) in [4.78, 5) is 22.2. The van der Waals surface area contributed by atoms with E-state index in [0.29, 0.717) is 12.2 Å². The van der Waals surface area contributed by atoms with Crippen molar-refractivity contribution in [2.45, 2.75) is 13.0 Å². The molecule has 3 aromatic rings. The number of H-pyrrole nitrogens is 1. The average Bonchev–Trinajstić information content (AvgIpc) is 3.00. The number of para-hydroxylation sites is 1. The van der Waals surface area contributed by atoms with E-state index in [1.165, 1.54) is 0 Å². The number of pyridine rings is 1. The minimum atomic E-state index is -0.117. The van der Waals surface area contributed by atoms with E-state index < -0.39 is 0 Å². The molecule has 0 saturated carbocycles. The number of hydrogen-bond donors (Lipinski definition) is 2. The van der Waals surface area contributed by atoms with Crippen molar-refractivity contribution in [1.29, 1.82) is 0 Å². The maximum Gasteiger partial charge on any atom is 0.268 e. The topological polar surface area (TPSA) is 61.0 Å². The van der Waals surface area contributed by atoms with E-state index in [4.69, 9.17) is 0 Å². The van der Waals surface area contributed by atoms with E-state index in [1.54, 1.807) is 12.4 Å². The highest BCUT2D eigenvalue weighted by Crippen LogP contribution is 2.20. The van der Waals surface area contributed by atoms with Gasteiger partial charge in [-0.2, -0.15) is 0 Å². The summed E-state index contributed by atoms with van der Waals surface area (Å²) in [6, 6.07) is 11.7. The van der Waals surface area contributed by atoms with Crippen LogP contribution in [0.4, 0.5) is 0 Å². The monoisotopic (exact) mass is 322 g/mol. The third-order valence-corrected chi connectivity index (χ3v) is 4.05. The third kappa shape index (κ3) is 3.46. The van der Waals surface area contributed by atoms with Crippen molar-refractivity contribution in [3.8, 4) is 0 Å². The molecule has 3 rings (SSSR count). The van der Waals surface area contributed by atoms with Crippen molar-refractivity contribution >= 4 is 16.8 Å². The molecule has 5 nitrogen and oxygen atoms in total. The second-order valence-corrected chi connectivity index (χ2v) is 6.30. The molecule has 0 bridgehead atoms. The lowest BCUT2D eigenvalue weighted by atomic mass is 10.1. The van der Waals surface area contributed by atoms with Crippen molar-refractivity contribution in [3.05, 3.63) is 65.6 Å². The normalized spacial score (nSPS) is 12.5. The molecule has 0 spiro atoms. The number of carbonyl (C=O) groups is 1. The van der Waals surface area contributed by atoms with E-state index in [0.717, 1.165) is 22.0 Å². The molecule has 0 fully saturated rings. The van der Waals surface area contributed by atoms with Gasteiger partial charge >= 0.3 is 0 Å². The molecular weight excluding hydrogens is 300 g/mol. The summed E-state index contributed by atoms with van der Waals surface area (Å²) in [5.41, 5.74) is 3.70. The van der Waals surface area contributed by atoms with Gasteiger partial charge in [-0.15, -0.1) is 0 Å². The molecule has 0 radical (unpaired) electrons. The number of rotatable bonds is 5. The Morgan fingerprint density at radius 3 is 2.79 bits per heavy atom. The zero-order valence-corrected chi connectivity index (χ0v) is 14.2. The van der Waals surface area contributed by atoms with Crippen LogP contribution < -0.4 is 5.32 Å². The van der Waals surface area contributed by atoms with Crippen molar-refractivity contribution in [3.63, 3.8) is 0 Å². The molecule has 1 atom stereocenters. The summed E-state index contributed by atoms with van der Waals surface area (Å²) in [5, 5.41) is 4.16. The number of fused-ring (bicyclic) bond motifs is 1. The average molecular weight is 322 g/mol. The molecule has 0 saturated heterocycles. The predicted molar refractivity (Wildman–Crippen MR) is 96.0 cm³/mol. The number of benzene rings is 1. The molecule has 0 aliphatic heterocycles. The van der Waals surface area contributed by atoms with Gasteiger partial charge in [-0.05, 0) is 44.3 Å². The number of aryl methyl sites for hydroxylation is 1. The Morgan fingerprint density at radius 1 is 1.29 bits per heavy atom. The molecule has 2 aromatic heterocycles. The van der Waals surface area contributed by atoms with Crippen LogP contribution in [0, 0.1) is 6.92 Å². The summed E-state index contributed by atoms with van der Waals surface area (Å²) < 4.78 is 0. The summed E-state index contributed by atoms with van der Waals surface area (Å²) in [6.45, 7) is 2.74. The summed E-state index contributed by atoms with van der Waals surface area (Å²) in [5.74, 6) is -0.110. The van der Waals surface area contributed by atoms with Gasteiger partial charge in [-0.3, -0.25) is 9.78 Å². The van der Waals surface area contributed by atoms with Crippen LogP contribution in [0.25, 0.3) is 10.9 Å². The Kier molecular flexibility index (Phi) is 4.62. The molecule has 0 aliphatic rings. The first-order valence-corrected chi connectivity index (χ1v) is 7.98. The Bertz CT molecular complexity index is 839. The van der Waals surface area contributed by atoms with E-state index in [2.05, 4.69) is 15.3 Å². The smallest absolute Gasteiger partial charge is 0.268 e. The van der Waals surface area contributed by atoms with Gasteiger partial charge < -0.3 is 15.2 Å². The van der Waals surface area contributed by atoms with Gasteiger partial charge in [0.1, 0.15) is 5.69 Å². The third-order valence-electron chi connectivity index (χ3n) is 4.05. The minimum absolute atomic E-state index is 0.110. The highest BCUT2D eigenvalue weighted by molar-refractivity contribution is 5.98. The Balaban J connectivity index is 1.85. The van der Waals surface area contributed by atoms with E-state index in [1.807, 2.05) is 62.3 Å². The quantitative estimate of drug-likeness (QED) is 0.759. The van der Waals surface area contributed by atoms with Crippen molar-refractivity contribution in [1.82, 2.24) is 20.2 Å². The van der Waals surface area contributed by atoms with Gasteiger partial charge in [-0.1, -0.05) is 24.3 Å². The van der Waals surface area contributed by atoms with Crippen molar-refractivity contribution in [2.75, 3.05) is 20.6 Å². The van der Waals surface area contributed by atoms with Crippen LogP contribution in [0.15, 0.2) is 48.8 Å². The second kappa shape index (κ2) is 6.84. The fourth-order valence-electron chi connectivity index (χ4n) is 2.85. The zero-order valence-electron chi connectivity index (χ0n) is 14.2. The zero-order chi connectivity index (χ0) is 17.1. The molecule has 5 heteroatoms. The van der Waals surface area contributed by atoms with Gasteiger partial charge in [0.05, 0.1) is 6.04 Å². The SMILES string of the molecule is Cc1cccc2cc(C(=O)NC(CN(C)C)c3cccnc3)[nH]c12. The summed E-state index contributed by atoms with van der Waals surface area (Å²) in [7, 11) is 3.98. The largest absolute Gasteiger partial charge is 0.350 e. The predicted octanol–water partition coefficient (Wildman–Crippen LogP) is 2.90. The number of carbonyl (C=O) groups excluding carboxylic acids is 1. The standard InChI is InChI=1S/C19H22N4O/c1-13-6-4-7-14-10-16(21-18(13)14)19(24)22-17(12-23(2)3)15-8-5-9-20-11-15/h4-11,17,21H,12H2,1-3H3,(H,22,24). The molecule has 124 valence electrons. The van der Waals surface area contributed by atoms with Gasteiger partial charge in [0, 0.05) is 29.8 Å². The molecule has 24 heavy (non-hydrogen) atoms. The molecule has 1 unspecified atom stereocenters. The first-order chi connectivity index (χ1) is 11.5. The van der Waals surface area contributed by atoms with Gasteiger partial charge in [0.2, 0.25) is 0 Å². The van der Waals surface area contributed by atoms with Crippen LogP contribution in [-0.4, -0.2) is 41.4 Å². The molecular formula is C19H22N4O. The Labute approximate surface area is 141 Å². The lowest BCUT2D eigenvalue weighted by molar-refractivity contribution is 0.0925. The lowest BCUT2D eigenvalue weighted by Gasteiger charge is -2.22. The van der Waals surface area contributed by atoms with E-state index in [-0.39, 0.29) is 11.9 Å². The number of likely N-dealkylation sites (N-methyl/N-ethyl adjacent to an activating group) is 1. The number of nitrogens with one attached hydrogen (secondary N) is 2. The van der Waals surface area contributed by atoms with Gasteiger partial charge in [-0.25, -0.2) is 0 Å². The van der Waals surface area contributed by atoms with E-state index in [9.17, 15) is 4.79 Å². The number of nitrogens with zero attached hydrogens (tertiary/aromatic N) is 2. The molecule has 1 aromatic carbocycles. The Hall–Kier alpha value is -2.66. The fourth-order valence-corrected chi connectivity index (χ4v) is 2.85. The van der Waals surface area contributed by atoms with Crippen LogP contribution in [0.5, 0.6) is 0 Å². The summed E-state index contributed by atoms with van der Waals surface area (Å²) in [6.07, 6.45) is 3.53. The maximum atomic E-state index is 12.7. The number of hydrogen-bond acceptors (Lipinski definition) is 3. The number of amides is 1. The molecule has 1 amide bonds. The maximum absolute atomic E-state index is 12.7. The number of aromatic nitrogens is 2. The second-order valence-electron chi connectivity index (χ2n) is 6.30. The van der Waals surface area contributed by atoms with Gasteiger partial charge in [0.25, 0.3) is 5.91 Å². The lowest BCUT2D eigenvalue weighted by Crippen LogP contribution is -2.35. The molecule has 2 N–H and O–H groups in total. The van der Waals surface area contributed by atoms with Crippen LogP contribution in [0.1, 0.15) is 27.7 Å².